The molecule has 0 aliphatic heterocycles. The third kappa shape index (κ3) is 2.68. The van der Waals surface area contributed by atoms with Gasteiger partial charge in [0.1, 0.15) is 5.75 Å². The maximum absolute atomic E-state index is 11.8. The fourth-order valence-electron chi connectivity index (χ4n) is 3.06. The SMILES string of the molecule is COc1ccc2[nH]cc(C(C)(NC(C)=O)c3ccccc3)c2c1. The van der Waals surface area contributed by atoms with Gasteiger partial charge in [-0.1, -0.05) is 30.3 Å². The van der Waals surface area contributed by atoms with E-state index in [1.807, 2.05) is 61.7 Å². The van der Waals surface area contributed by atoms with E-state index in [0.717, 1.165) is 27.8 Å². The summed E-state index contributed by atoms with van der Waals surface area (Å²) in [6.45, 7) is 3.56. The Balaban J connectivity index is 2.23. The Kier molecular flexibility index (Phi) is 3.82. The van der Waals surface area contributed by atoms with Gasteiger partial charge in [0.15, 0.2) is 0 Å². The van der Waals surface area contributed by atoms with Crippen LogP contribution in [0.25, 0.3) is 10.9 Å². The highest BCUT2D eigenvalue weighted by Gasteiger charge is 2.32. The number of carbonyl (C=O) groups excluding carboxylic acids is 1. The predicted molar refractivity (Wildman–Crippen MR) is 91.6 cm³/mol. The fourth-order valence-corrected chi connectivity index (χ4v) is 3.06. The second-order valence-corrected chi connectivity index (χ2v) is 5.79. The molecule has 4 nitrogen and oxygen atoms in total. The molecular formula is C19H20N2O2. The van der Waals surface area contributed by atoms with Crippen molar-refractivity contribution in [1.29, 1.82) is 0 Å². The number of aromatic amines is 1. The molecule has 0 bridgehead atoms. The maximum Gasteiger partial charge on any atom is 0.217 e. The molecule has 23 heavy (non-hydrogen) atoms. The number of carbonyl (C=O) groups is 1. The number of benzene rings is 2. The molecule has 2 N–H and O–H groups in total. The van der Waals surface area contributed by atoms with E-state index in [1.54, 1.807) is 7.11 Å². The van der Waals surface area contributed by atoms with Crippen LogP contribution in [0.1, 0.15) is 25.0 Å². The van der Waals surface area contributed by atoms with Gasteiger partial charge >= 0.3 is 0 Å². The Morgan fingerprint density at radius 3 is 2.57 bits per heavy atom. The first kappa shape index (κ1) is 15.2. The molecule has 0 radical (unpaired) electrons. The fraction of sp³-hybridized carbons (Fsp3) is 0.211. The van der Waals surface area contributed by atoms with E-state index in [1.165, 1.54) is 6.92 Å². The van der Waals surface area contributed by atoms with Crippen molar-refractivity contribution >= 4 is 16.8 Å². The van der Waals surface area contributed by atoms with E-state index in [-0.39, 0.29) is 5.91 Å². The lowest BCUT2D eigenvalue weighted by Gasteiger charge is -2.31. The number of hydrogen-bond acceptors (Lipinski definition) is 2. The third-order valence-electron chi connectivity index (χ3n) is 4.20. The largest absolute Gasteiger partial charge is 0.497 e. The van der Waals surface area contributed by atoms with Crippen molar-refractivity contribution in [3.05, 3.63) is 65.9 Å². The molecule has 3 aromatic rings. The summed E-state index contributed by atoms with van der Waals surface area (Å²) in [6, 6.07) is 15.9. The quantitative estimate of drug-likeness (QED) is 0.774. The minimum atomic E-state index is -0.627. The van der Waals surface area contributed by atoms with Gasteiger partial charge in [-0.2, -0.15) is 0 Å². The molecule has 2 aromatic carbocycles. The zero-order chi connectivity index (χ0) is 16.4. The number of rotatable bonds is 4. The van der Waals surface area contributed by atoms with Crippen LogP contribution in [-0.4, -0.2) is 18.0 Å². The van der Waals surface area contributed by atoms with E-state index >= 15 is 0 Å². The van der Waals surface area contributed by atoms with Gasteiger partial charge in [-0.15, -0.1) is 0 Å². The van der Waals surface area contributed by atoms with Gasteiger partial charge in [0, 0.05) is 29.6 Å². The first-order valence-corrected chi connectivity index (χ1v) is 7.54. The molecule has 0 spiro atoms. The molecule has 0 aliphatic carbocycles. The van der Waals surface area contributed by atoms with Crippen LogP contribution in [0.2, 0.25) is 0 Å². The number of H-pyrrole nitrogens is 1. The molecule has 1 unspecified atom stereocenters. The van der Waals surface area contributed by atoms with Crippen molar-refractivity contribution < 1.29 is 9.53 Å². The van der Waals surface area contributed by atoms with Crippen molar-refractivity contribution in [2.24, 2.45) is 0 Å². The van der Waals surface area contributed by atoms with Crippen LogP contribution in [-0.2, 0) is 10.3 Å². The molecule has 118 valence electrons. The van der Waals surface area contributed by atoms with Gasteiger partial charge in [-0.25, -0.2) is 0 Å². The lowest BCUT2D eigenvalue weighted by Crippen LogP contribution is -2.43. The van der Waals surface area contributed by atoms with Crippen LogP contribution in [0.3, 0.4) is 0 Å². The number of aromatic nitrogens is 1. The zero-order valence-corrected chi connectivity index (χ0v) is 13.5. The van der Waals surface area contributed by atoms with Crippen molar-refractivity contribution in [2.45, 2.75) is 19.4 Å². The van der Waals surface area contributed by atoms with Crippen molar-refractivity contribution in [3.63, 3.8) is 0 Å². The minimum absolute atomic E-state index is 0.0754. The monoisotopic (exact) mass is 308 g/mol. The topological polar surface area (TPSA) is 54.1 Å². The molecule has 0 fully saturated rings. The standard InChI is InChI=1S/C19H20N2O2/c1-13(22)21-19(2,14-7-5-4-6-8-14)17-12-20-18-10-9-15(23-3)11-16(17)18/h4-12,20H,1-3H3,(H,21,22). The Bertz CT molecular complexity index is 839. The number of methoxy groups -OCH3 is 1. The lowest BCUT2D eigenvalue weighted by atomic mass is 9.84. The number of hydrogen-bond donors (Lipinski definition) is 2. The molecule has 1 atom stereocenters. The molecule has 0 saturated heterocycles. The van der Waals surface area contributed by atoms with Gasteiger partial charge in [-0.3, -0.25) is 4.79 Å². The Hall–Kier alpha value is -2.75. The van der Waals surface area contributed by atoms with E-state index in [4.69, 9.17) is 4.74 Å². The van der Waals surface area contributed by atoms with Crippen LogP contribution in [0.5, 0.6) is 5.75 Å². The van der Waals surface area contributed by atoms with E-state index in [2.05, 4.69) is 10.3 Å². The summed E-state index contributed by atoms with van der Waals surface area (Å²) in [5.41, 5.74) is 2.41. The van der Waals surface area contributed by atoms with Crippen LogP contribution in [0.4, 0.5) is 0 Å². The number of nitrogens with one attached hydrogen (secondary N) is 2. The second-order valence-electron chi connectivity index (χ2n) is 5.79. The Morgan fingerprint density at radius 2 is 1.91 bits per heavy atom. The summed E-state index contributed by atoms with van der Waals surface area (Å²) in [7, 11) is 1.65. The van der Waals surface area contributed by atoms with Gasteiger partial charge in [-0.05, 0) is 30.7 Å². The predicted octanol–water partition coefficient (Wildman–Crippen LogP) is 3.58. The minimum Gasteiger partial charge on any atom is -0.497 e. The first-order chi connectivity index (χ1) is 11.0. The normalized spacial score (nSPS) is 13.5. The van der Waals surface area contributed by atoms with Gasteiger partial charge < -0.3 is 15.0 Å². The van der Waals surface area contributed by atoms with Gasteiger partial charge in [0.25, 0.3) is 0 Å². The highest BCUT2D eigenvalue weighted by atomic mass is 16.5. The first-order valence-electron chi connectivity index (χ1n) is 7.54. The average Bonchev–Trinajstić information content (AvgIpc) is 2.98. The van der Waals surface area contributed by atoms with E-state index in [0.29, 0.717) is 0 Å². The zero-order valence-electron chi connectivity index (χ0n) is 13.5. The molecule has 1 heterocycles. The summed E-state index contributed by atoms with van der Waals surface area (Å²) in [5.74, 6) is 0.713. The smallest absolute Gasteiger partial charge is 0.217 e. The lowest BCUT2D eigenvalue weighted by molar-refractivity contribution is -0.120. The molecule has 1 amide bonds. The highest BCUT2D eigenvalue weighted by molar-refractivity contribution is 5.87. The Morgan fingerprint density at radius 1 is 1.17 bits per heavy atom. The van der Waals surface area contributed by atoms with Crippen molar-refractivity contribution in [2.75, 3.05) is 7.11 Å². The molecular weight excluding hydrogens is 288 g/mol. The van der Waals surface area contributed by atoms with E-state index < -0.39 is 5.54 Å². The average molecular weight is 308 g/mol. The van der Waals surface area contributed by atoms with Crippen molar-refractivity contribution in [1.82, 2.24) is 10.3 Å². The van der Waals surface area contributed by atoms with Crippen LogP contribution >= 0.6 is 0 Å². The third-order valence-corrected chi connectivity index (χ3v) is 4.20. The summed E-state index contributed by atoms with van der Waals surface area (Å²) in [6.07, 6.45) is 1.95. The number of ether oxygens (including phenoxy) is 1. The molecule has 4 heteroatoms. The van der Waals surface area contributed by atoms with Crippen molar-refractivity contribution in [3.8, 4) is 5.75 Å². The highest BCUT2D eigenvalue weighted by Crippen LogP contribution is 2.35. The summed E-state index contributed by atoms with van der Waals surface area (Å²) < 4.78 is 5.34. The maximum atomic E-state index is 11.8. The molecule has 0 aliphatic rings. The van der Waals surface area contributed by atoms with Crippen LogP contribution in [0, 0.1) is 0 Å². The van der Waals surface area contributed by atoms with E-state index in [9.17, 15) is 4.79 Å². The van der Waals surface area contributed by atoms with Gasteiger partial charge in [0.05, 0.1) is 12.6 Å². The van der Waals surface area contributed by atoms with Crippen LogP contribution in [0.15, 0.2) is 54.7 Å². The molecule has 0 saturated carbocycles. The molecule has 1 aromatic heterocycles. The number of fused-ring (bicyclic) bond motifs is 1. The molecule has 3 rings (SSSR count). The number of amides is 1. The van der Waals surface area contributed by atoms with Crippen LogP contribution < -0.4 is 10.1 Å². The Labute approximate surface area is 135 Å². The second kappa shape index (κ2) is 5.80. The van der Waals surface area contributed by atoms with Gasteiger partial charge in [0.2, 0.25) is 5.91 Å². The summed E-state index contributed by atoms with van der Waals surface area (Å²) in [5, 5.41) is 4.14. The summed E-state index contributed by atoms with van der Waals surface area (Å²) >= 11 is 0. The summed E-state index contributed by atoms with van der Waals surface area (Å²) in [4.78, 5) is 15.1.